The molecule has 8 nitrogen and oxygen atoms in total. The Labute approximate surface area is 163 Å². The molecule has 0 aliphatic heterocycles. The van der Waals surface area contributed by atoms with E-state index in [1.165, 1.54) is 6.33 Å². The molecule has 0 saturated heterocycles. The van der Waals surface area contributed by atoms with Crippen molar-refractivity contribution in [1.82, 2.24) is 15.0 Å². The molecule has 0 saturated carbocycles. The molecule has 0 bridgehead atoms. The van der Waals surface area contributed by atoms with Gasteiger partial charge in [0.05, 0.1) is 11.5 Å². The van der Waals surface area contributed by atoms with Crippen LogP contribution >= 0.6 is 0 Å². The molecule has 2 heterocycles. The van der Waals surface area contributed by atoms with E-state index < -0.39 is 4.92 Å². The van der Waals surface area contributed by atoms with Gasteiger partial charge in [-0.1, -0.05) is 36.4 Å². The van der Waals surface area contributed by atoms with Crippen LogP contribution in [-0.4, -0.2) is 33.0 Å². The number of nitro groups is 1. The van der Waals surface area contributed by atoms with E-state index in [9.17, 15) is 10.1 Å². The van der Waals surface area contributed by atoms with Crippen molar-refractivity contribution in [3.8, 4) is 0 Å². The minimum atomic E-state index is -0.413. The Kier molecular flexibility index (Phi) is 6.11. The predicted molar refractivity (Wildman–Crippen MR) is 109 cm³/mol. The highest BCUT2D eigenvalue weighted by molar-refractivity contribution is 5.75. The average molecular weight is 378 g/mol. The van der Waals surface area contributed by atoms with Crippen LogP contribution in [0, 0.1) is 10.1 Å². The third-order valence-electron chi connectivity index (χ3n) is 4.39. The molecule has 2 aromatic heterocycles. The van der Waals surface area contributed by atoms with Crippen LogP contribution < -0.4 is 9.80 Å². The summed E-state index contributed by atoms with van der Waals surface area (Å²) < 4.78 is 0. The van der Waals surface area contributed by atoms with Crippen molar-refractivity contribution in [3.63, 3.8) is 0 Å². The SMILES string of the molecule is CCN(CC)c1ncnc(N(Cc2ccccc2)c2ccccn2)c1[N+](=O)[O-]. The van der Waals surface area contributed by atoms with Gasteiger partial charge in [0.25, 0.3) is 0 Å². The molecule has 3 aromatic rings. The molecule has 1 aromatic carbocycles. The van der Waals surface area contributed by atoms with Crippen molar-refractivity contribution < 1.29 is 4.92 Å². The highest BCUT2D eigenvalue weighted by atomic mass is 16.6. The monoisotopic (exact) mass is 378 g/mol. The lowest BCUT2D eigenvalue weighted by atomic mass is 10.2. The second kappa shape index (κ2) is 8.90. The first-order chi connectivity index (χ1) is 13.7. The molecule has 0 fully saturated rings. The number of benzene rings is 1. The first-order valence-electron chi connectivity index (χ1n) is 9.12. The molecule has 0 aliphatic carbocycles. The molecule has 144 valence electrons. The Morgan fingerprint density at radius 3 is 2.21 bits per heavy atom. The second-order valence-corrected chi connectivity index (χ2v) is 6.06. The van der Waals surface area contributed by atoms with E-state index in [2.05, 4.69) is 15.0 Å². The summed E-state index contributed by atoms with van der Waals surface area (Å²) >= 11 is 0. The summed E-state index contributed by atoms with van der Waals surface area (Å²) in [5.41, 5.74) is 0.873. The maximum atomic E-state index is 12.0. The van der Waals surface area contributed by atoms with Gasteiger partial charge >= 0.3 is 5.69 Å². The summed E-state index contributed by atoms with van der Waals surface area (Å²) in [5, 5.41) is 12.0. The van der Waals surface area contributed by atoms with Crippen molar-refractivity contribution in [1.29, 1.82) is 0 Å². The summed E-state index contributed by atoms with van der Waals surface area (Å²) in [4.78, 5) is 28.1. The fourth-order valence-corrected chi connectivity index (χ4v) is 3.02. The fraction of sp³-hybridized carbons (Fsp3) is 0.250. The van der Waals surface area contributed by atoms with Crippen LogP contribution in [0.1, 0.15) is 19.4 Å². The van der Waals surface area contributed by atoms with Gasteiger partial charge < -0.3 is 9.80 Å². The molecule has 0 aliphatic rings. The van der Waals surface area contributed by atoms with Gasteiger partial charge in [-0.2, -0.15) is 0 Å². The van der Waals surface area contributed by atoms with Gasteiger partial charge in [-0.3, -0.25) is 10.1 Å². The largest absolute Gasteiger partial charge is 0.354 e. The number of anilines is 3. The fourth-order valence-electron chi connectivity index (χ4n) is 3.02. The maximum absolute atomic E-state index is 12.0. The Bertz CT molecular complexity index is 916. The lowest BCUT2D eigenvalue weighted by Gasteiger charge is -2.25. The van der Waals surface area contributed by atoms with Gasteiger partial charge in [0.15, 0.2) is 0 Å². The van der Waals surface area contributed by atoms with Crippen LogP contribution in [0.2, 0.25) is 0 Å². The molecule has 0 radical (unpaired) electrons. The molecular formula is C20H22N6O2. The van der Waals surface area contributed by atoms with E-state index in [1.54, 1.807) is 17.2 Å². The number of hydrogen-bond acceptors (Lipinski definition) is 7. The standard InChI is InChI=1S/C20H22N6O2/c1-3-24(4-2)19-18(26(27)28)20(23-15-22-19)25(17-12-8-9-13-21-17)14-16-10-6-5-7-11-16/h5-13,15H,3-4,14H2,1-2H3. The van der Waals surface area contributed by atoms with Crippen LogP contribution in [0.25, 0.3) is 0 Å². The number of hydrogen-bond donors (Lipinski definition) is 0. The predicted octanol–water partition coefficient (Wildman–Crippen LogP) is 3.96. The zero-order chi connectivity index (χ0) is 19.9. The van der Waals surface area contributed by atoms with Crippen molar-refractivity contribution in [3.05, 3.63) is 76.7 Å². The van der Waals surface area contributed by atoms with Crippen LogP contribution in [0.15, 0.2) is 61.1 Å². The van der Waals surface area contributed by atoms with Crippen LogP contribution in [-0.2, 0) is 6.54 Å². The Balaban J connectivity index is 2.17. The Morgan fingerprint density at radius 1 is 0.929 bits per heavy atom. The zero-order valence-electron chi connectivity index (χ0n) is 15.9. The molecule has 0 atom stereocenters. The summed E-state index contributed by atoms with van der Waals surface area (Å²) in [6.45, 7) is 5.49. The third kappa shape index (κ3) is 4.06. The van der Waals surface area contributed by atoms with Crippen LogP contribution in [0.5, 0.6) is 0 Å². The summed E-state index contributed by atoms with van der Waals surface area (Å²) in [6.07, 6.45) is 3.03. The van der Waals surface area contributed by atoms with E-state index in [4.69, 9.17) is 0 Å². The molecule has 0 N–H and O–H groups in total. The molecule has 0 unspecified atom stereocenters. The van der Waals surface area contributed by atoms with Gasteiger partial charge in [0, 0.05) is 19.3 Å². The number of aromatic nitrogens is 3. The van der Waals surface area contributed by atoms with Gasteiger partial charge in [-0.15, -0.1) is 0 Å². The minimum Gasteiger partial charge on any atom is -0.351 e. The molecule has 8 heteroatoms. The van der Waals surface area contributed by atoms with Gasteiger partial charge in [-0.05, 0) is 31.5 Å². The van der Waals surface area contributed by atoms with E-state index >= 15 is 0 Å². The third-order valence-corrected chi connectivity index (χ3v) is 4.39. The van der Waals surface area contributed by atoms with Crippen molar-refractivity contribution in [2.24, 2.45) is 0 Å². The summed E-state index contributed by atoms with van der Waals surface area (Å²) in [6, 6.07) is 15.2. The van der Waals surface area contributed by atoms with E-state index in [1.807, 2.05) is 61.2 Å². The molecular weight excluding hydrogens is 356 g/mol. The smallest absolute Gasteiger partial charge is 0.351 e. The van der Waals surface area contributed by atoms with Gasteiger partial charge in [-0.25, -0.2) is 15.0 Å². The average Bonchev–Trinajstić information content (AvgIpc) is 2.74. The topological polar surface area (TPSA) is 88.3 Å². The first kappa shape index (κ1) is 19.2. The zero-order valence-corrected chi connectivity index (χ0v) is 15.9. The first-order valence-corrected chi connectivity index (χ1v) is 9.12. The van der Waals surface area contributed by atoms with Gasteiger partial charge in [0.2, 0.25) is 11.6 Å². The minimum absolute atomic E-state index is 0.118. The Hall–Kier alpha value is -3.55. The Morgan fingerprint density at radius 2 is 1.61 bits per heavy atom. The van der Waals surface area contributed by atoms with Crippen LogP contribution in [0.4, 0.5) is 23.1 Å². The maximum Gasteiger partial charge on any atom is 0.354 e. The summed E-state index contributed by atoms with van der Waals surface area (Å²) in [5.74, 6) is 1.12. The molecule has 0 amide bonds. The van der Waals surface area contributed by atoms with E-state index in [-0.39, 0.29) is 11.5 Å². The van der Waals surface area contributed by atoms with Crippen molar-refractivity contribution >= 4 is 23.1 Å². The lowest BCUT2D eigenvalue weighted by Crippen LogP contribution is -2.26. The van der Waals surface area contributed by atoms with Crippen molar-refractivity contribution in [2.45, 2.75) is 20.4 Å². The second-order valence-electron chi connectivity index (χ2n) is 6.06. The number of pyridine rings is 1. The van der Waals surface area contributed by atoms with Gasteiger partial charge in [0.1, 0.15) is 12.1 Å². The quantitative estimate of drug-likeness (QED) is 0.433. The molecule has 28 heavy (non-hydrogen) atoms. The number of rotatable bonds is 8. The highest BCUT2D eigenvalue weighted by Crippen LogP contribution is 2.37. The van der Waals surface area contributed by atoms with Crippen LogP contribution in [0.3, 0.4) is 0 Å². The normalized spacial score (nSPS) is 10.5. The molecule has 0 spiro atoms. The van der Waals surface area contributed by atoms with E-state index in [0.717, 1.165) is 5.56 Å². The summed E-state index contributed by atoms with van der Waals surface area (Å²) in [7, 11) is 0. The number of nitrogens with zero attached hydrogens (tertiary/aromatic N) is 6. The molecule has 3 rings (SSSR count). The van der Waals surface area contributed by atoms with Crippen molar-refractivity contribution in [2.75, 3.05) is 22.9 Å². The highest BCUT2D eigenvalue weighted by Gasteiger charge is 2.30. The lowest BCUT2D eigenvalue weighted by molar-refractivity contribution is -0.383. The van der Waals surface area contributed by atoms with E-state index in [0.29, 0.717) is 31.3 Å².